The smallest absolute Gasteiger partial charge is 0.308 e. The Hall–Kier alpha value is -0.830. The van der Waals surface area contributed by atoms with Gasteiger partial charge in [-0.15, -0.1) is 0 Å². The zero-order valence-electron chi connectivity index (χ0n) is 28.3. The highest BCUT2D eigenvalue weighted by Crippen LogP contribution is 2.21. The predicted molar refractivity (Wildman–Crippen MR) is 181 cm³/mol. The molecule has 0 radical (unpaired) electrons. The van der Waals surface area contributed by atoms with E-state index in [9.17, 15) is 9.90 Å². The summed E-state index contributed by atoms with van der Waals surface area (Å²) in [6.45, 7) is 7.37. The van der Waals surface area contributed by atoms with Crippen molar-refractivity contribution in [1.82, 2.24) is 0 Å². The number of aliphatic hydroxyl groups is 1. The lowest BCUT2D eigenvalue weighted by atomic mass is 9.94. The molecule has 0 spiro atoms. The minimum absolute atomic E-state index is 0.0747. The molecule has 0 bridgehead atoms. The normalized spacial score (nSPS) is 13.2. The van der Waals surface area contributed by atoms with Crippen molar-refractivity contribution in [3.63, 3.8) is 0 Å². The van der Waals surface area contributed by atoms with Crippen molar-refractivity contribution in [2.24, 2.45) is 5.92 Å². The molecule has 0 saturated carbocycles. The molecule has 0 aromatic rings. The van der Waals surface area contributed by atoms with E-state index in [0.29, 0.717) is 6.61 Å². The Morgan fingerprint density at radius 3 is 1.49 bits per heavy atom. The standard InChI is InChI=1S/C38H74O3/c1-4-7-10-13-15-16-17-21-25-30-35-41-38(40)36(31-26-22-14-11-8-5-2)32-27-23-19-18-20-24-29-34-37(39)33-28-12-9-6-3/h24,29,36-37,39H,4-23,25-28,30-35H2,1-3H3/b29-24-. The Morgan fingerprint density at radius 2 is 0.951 bits per heavy atom. The Labute approximate surface area is 258 Å². The number of aliphatic hydroxyl groups excluding tert-OH is 1. The summed E-state index contributed by atoms with van der Waals surface area (Å²) in [6.07, 6.45) is 39.5. The van der Waals surface area contributed by atoms with Crippen molar-refractivity contribution in [3.05, 3.63) is 12.2 Å². The molecule has 3 heteroatoms. The minimum atomic E-state index is -0.170. The van der Waals surface area contributed by atoms with Gasteiger partial charge in [0.1, 0.15) is 0 Å². The van der Waals surface area contributed by atoms with Crippen molar-refractivity contribution in [1.29, 1.82) is 0 Å². The first-order valence-electron chi connectivity index (χ1n) is 18.6. The molecule has 244 valence electrons. The summed E-state index contributed by atoms with van der Waals surface area (Å²) in [6, 6.07) is 0. The van der Waals surface area contributed by atoms with Gasteiger partial charge in [-0.05, 0) is 44.9 Å². The van der Waals surface area contributed by atoms with E-state index in [1.54, 1.807) is 0 Å². The fourth-order valence-corrected chi connectivity index (χ4v) is 5.73. The molecule has 41 heavy (non-hydrogen) atoms. The van der Waals surface area contributed by atoms with Gasteiger partial charge in [-0.3, -0.25) is 4.79 Å². The Balaban J connectivity index is 4.05. The maximum Gasteiger partial charge on any atom is 0.308 e. The Bertz CT molecular complexity index is 544. The van der Waals surface area contributed by atoms with Crippen LogP contribution in [0.2, 0.25) is 0 Å². The van der Waals surface area contributed by atoms with E-state index in [1.807, 2.05) is 0 Å². The first kappa shape index (κ1) is 40.2. The van der Waals surface area contributed by atoms with Crippen LogP contribution in [-0.4, -0.2) is 23.8 Å². The summed E-state index contributed by atoms with van der Waals surface area (Å²) < 4.78 is 5.78. The second kappa shape index (κ2) is 33.7. The summed E-state index contributed by atoms with van der Waals surface area (Å²) >= 11 is 0. The van der Waals surface area contributed by atoms with Gasteiger partial charge in [-0.25, -0.2) is 0 Å². The van der Waals surface area contributed by atoms with Crippen LogP contribution in [0.5, 0.6) is 0 Å². The zero-order valence-corrected chi connectivity index (χ0v) is 28.3. The highest BCUT2D eigenvalue weighted by molar-refractivity contribution is 5.72. The maximum atomic E-state index is 12.9. The van der Waals surface area contributed by atoms with E-state index in [2.05, 4.69) is 32.9 Å². The summed E-state index contributed by atoms with van der Waals surface area (Å²) in [4.78, 5) is 12.9. The van der Waals surface area contributed by atoms with E-state index in [4.69, 9.17) is 4.74 Å². The SMILES string of the molecule is CCCCCCCCCCCCOC(=O)C(CCCCCC/C=C\CC(O)CCCCCC)CCCCCCCC. The molecule has 3 nitrogen and oxygen atoms in total. The number of unbranched alkanes of at least 4 members (excludes halogenated alkanes) is 21. The van der Waals surface area contributed by atoms with Crippen LogP contribution in [0.1, 0.15) is 207 Å². The summed E-state index contributed by atoms with van der Waals surface area (Å²) in [5.74, 6) is 0.175. The molecular weight excluding hydrogens is 504 g/mol. The third-order valence-corrected chi connectivity index (χ3v) is 8.62. The highest BCUT2D eigenvalue weighted by Gasteiger charge is 2.19. The van der Waals surface area contributed by atoms with Crippen LogP contribution in [0.3, 0.4) is 0 Å². The van der Waals surface area contributed by atoms with E-state index >= 15 is 0 Å². The van der Waals surface area contributed by atoms with Crippen molar-refractivity contribution in [3.8, 4) is 0 Å². The van der Waals surface area contributed by atoms with Crippen LogP contribution in [0, 0.1) is 5.92 Å². The van der Waals surface area contributed by atoms with Crippen molar-refractivity contribution in [2.75, 3.05) is 6.61 Å². The van der Waals surface area contributed by atoms with Gasteiger partial charge >= 0.3 is 5.97 Å². The van der Waals surface area contributed by atoms with Gasteiger partial charge in [0, 0.05) is 0 Å². The molecule has 0 aliphatic heterocycles. The predicted octanol–water partition coefficient (Wildman–Crippen LogP) is 12.4. The van der Waals surface area contributed by atoms with E-state index in [1.165, 1.54) is 128 Å². The topological polar surface area (TPSA) is 46.5 Å². The molecular formula is C38H74O3. The first-order chi connectivity index (χ1) is 20.2. The number of ether oxygens (including phenoxy) is 1. The lowest BCUT2D eigenvalue weighted by Crippen LogP contribution is -2.18. The lowest BCUT2D eigenvalue weighted by molar-refractivity contribution is -0.149. The number of esters is 1. The molecule has 1 N–H and O–H groups in total. The van der Waals surface area contributed by atoms with Gasteiger partial charge in [-0.1, -0.05) is 174 Å². The summed E-state index contributed by atoms with van der Waals surface area (Å²) in [5.41, 5.74) is 0. The average molecular weight is 579 g/mol. The highest BCUT2D eigenvalue weighted by atomic mass is 16.5. The molecule has 0 aliphatic carbocycles. The third-order valence-electron chi connectivity index (χ3n) is 8.62. The second-order valence-electron chi connectivity index (χ2n) is 12.8. The Kier molecular flexibility index (Phi) is 33.0. The van der Waals surface area contributed by atoms with E-state index in [-0.39, 0.29) is 18.0 Å². The van der Waals surface area contributed by atoms with Crippen LogP contribution < -0.4 is 0 Å². The molecule has 2 unspecified atom stereocenters. The molecule has 0 rings (SSSR count). The number of carbonyl (C=O) groups excluding carboxylic acids is 1. The largest absolute Gasteiger partial charge is 0.465 e. The van der Waals surface area contributed by atoms with Gasteiger partial charge in [0.15, 0.2) is 0 Å². The number of allylic oxidation sites excluding steroid dienone is 1. The molecule has 0 aromatic carbocycles. The van der Waals surface area contributed by atoms with Gasteiger partial charge in [0.2, 0.25) is 0 Å². The molecule has 0 aromatic heterocycles. The van der Waals surface area contributed by atoms with Crippen molar-refractivity contribution < 1.29 is 14.6 Å². The average Bonchev–Trinajstić information content (AvgIpc) is 2.97. The van der Waals surface area contributed by atoms with Crippen LogP contribution in [0.15, 0.2) is 12.2 Å². The molecule has 0 aliphatic rings. The van der Waals surface area contributed by atoms with Crippen LogP contribution >= 0.6 is 0 Å². The monoisotopic (exact) mass is 579 g/mol. The van der Waals surface area contributed by atoms with Crippen LogP contribution in [0.25, 0.3) is 0 Å². The lowest BCUT2D eigenvalue weighted by Gasteiger charge is -2.16. The van der Waals surface area contributed by atoms with Crippen LogP contribution in [0.4, 0.5) is 0 Å². The zero-order chi connectivity index (χ0) is 30.1. The van der Waals surface area contributed by atoms with Gasteiger partial charge in [0.05, 0.1) is 18.6 Å². The summed E-state index contributed by atoms with van der Waals surface area (Å²) in [5, 5.41) is 10.1. The molecule has 0 fully saturated rings. The third kappa shape index (κ3) is 30.4. The first-order valence-corrected chi connectivity index (χ1v) is 18.6. The maximum absolute atomic E-state index is 12.9. The van der Waals surface area contributed by atoms with E-state index in [0.717, 1.165) is 57.8 Å². The number of rotatable bonds is 33. The number of carbonyl (C=O) groups is 1. The molecule has 0 heterocycles. The number of hydrogen-bond acceptors (Lipinski definition) is 3. The van der Waals surface area contributed by atoms with Crippen LogP contribution in [-0.2, 0) is 9.53 Å². The van der Waals surface area contributed by atoms with Gasteiger partial charge in [0.25, 0.3) is 0 Å². The fourth-order valence-electron chi connectivity index (χ4n) is 5.73. The summed E-state index contributed by atoms with van der Waals surface area (Å²) in [7, 11) is 0. The minimum Gasteiger partial charge on any atom is -0.465 e. The molecule has 2 atom stereocenters. The van der Waals surface area contributed by atoms with Gasteiger partial charge < -0.3 is 9.84 Å². The van der Waals surface area contributed by atoms with Gasteiger partial charge in [-0.2, -0.15) is 0 Å². The van der Waals surface area contributed by atoms with E-state index < -0.39 is 0 Å². The quantitative estimate of drug-likeness (QED) is 0.0478. The molecule has 0 amide bonds. The molecule has 0 saturated heterocycles. The fraction of sp³-hybridized carbons (Fsp3) is 0.921. The van der Waals surface area contributed by atoms with Crippen molar-refractivity contribution in [2.45, 2.75) is 213 Å². The van der Waals surface area contributed by atoms with Crippen molar-refractivity contribution >= 4 is 5.97 Å². The number of hydrogen-bond donors (Lipinski definition) is 1. The Morgan fingerprint density at radius 1 is 0.537 bits per heavy atom. The second-order valence-corrected chi connectivity index (χ2v) is 12.8.